The third kappa shape index (κ3) is 1.69. The SMILES string of the molecule is CCC(C)n1c(C(F)F)nn(C)c1=O. The van der Waals surface area contributed by atoms with Gasteiger partial charge in [-0.25, -0.2) is 18.3 Å². The van der Waals surface area contributed by atoms with Crippen molar-refractivity contribution >= 4 is 0 Å². The summed E-state index contributed by atoms with van der Waals surface area (Å²) in [5.74, 6) is -0.452. The normalized spacial score (nSPS) is 13.6. The van der Waals surface area contributed by atoms with Crippen LogP contribution in [0.1, 0.15) is 38.6 Å². The van der Waals surface area contributed by atoms with Gasteiger partial charge in [0.15, 0.2) is 0 Å². The number of halogens is 2. The van der Waals surface area contributed by atoms with E-state index in [9.17, 15) is 13.6 Å². The number of aromatic nitrogens is 3. The Bertz CT molecular complexity index is 369. The van der Waals surface area contributed by atoms with Gasteiger partial charge in [-0.2, -0.15) is 0 Å². The average molecular weight is 205 g/mol. The van der Waals surface area contributed by atoms with Crippen LogP contribution in [0.15, 0.2) is 4.79 Å². The summed E-state index contributed by atoms with van der Waals surface area (Å²) in [5, 5.41) is 3.50. The fourth-order valence-corrected chi connectivity index (χ4v) is 1.24. The van der Waals surface area contributed by atoms with Crippen LogP contribution in [-0.4, -0.2) is 14.3 Å². The molecule has 0 bridgehead atoms. The van der Waals surface area contributed by atoms with Gasteiger partial charge in [-0.3, -0.25) is 4.57 Å². The summed E-state index contributed by atoms with van der Waals surface area (Å²) in [7, 11) is 1.37. The van der Waals surface area contributed by atoms with Gasteiger partial charge in [0.2, 0.25) is 5.82 Å². The van der Waals surface area contributed by atoms with Crippen molar-refractivity contribution in [2.24, 2.45) is 7.05 Å². The molecule has 14 heavy (non-hydrogen) atoms. The van der Waals surface area contributed by atoms with E-state index in [1.165, 1.54) is 7.05 Å². The lowest BCUT2D eigenvalue weighted by atomic mass is 10.2. The summed E-state index contributed by atoms with van der Waals surface area (Å²) >= 11 is 0. The van der Waals surface area contributed by atoms with Crippen molar-refractivity contribution in [3.05, 3.63) is 16.3 Å². The van der Waals surface area contributed by atoms with Gasteiger partial charge in [-0.15, -0.1) is 5.10 Å². The number of rotatable bonds is 3. The monoisotopic (exact) mass is 205 g/mol. The number of aryl methyl sites for hydroxylation is 1. The predicted octanol–water partition coefficient (Wildman–Crippen LogP) is 1.49. The molecular weight excluding hydrogens is 192 g/mol. The van der Waals surface area contributed by atoms with Crippen LogP contribution in [0.3, 0.4) is 0 Å². The van der Waals surface area contributed by atoms with Crippen LogP contribution in [0.25, 0.3) is 0 Å². The molecule has 0 amide bonds. The Labute approximate surface area is 80.2 Å². The number of nitrogens with zero attached hydrogens (tertiary/aromatic N) is 3. The third-order valence-electron chi connectivity index (χ3n) is 2.21. The average Bonchev–Trinajstić information content (AvgIpc) is 2.43. The lowest BCUT2D eigenvalue weighted by Crippen LogP contribution is -2.26. The fourth-order valence-electron chi connectivity index (χ4n) is 1.24. The summed E-state index contributed by atoms with van der Waals surface area (Å²) in [6.07, 6.45) is -2.09. The minimum Gasteiger partial charge on any atom is -0.271 e. The first kappa shape index (κ1) is 10.9. The predicted molar refractivity (Wildman–Crippen MR) is 47.4 cm³/mol. The van der Waals surface area contributed by atoms with Gasteiger partial charge in [-0.05, 0) is 13.3 Å². The maximum absolute atomic E-state index is 12.5. The molecular formula is C8H13F2N3O. The molecule has 0 radical (unpaired) electrons. The van der Waals surface area contributed by atoms with E-state index in [0.717, 1.165) is 9.25 Å². The molecule has 6 heteroatoms. The zero-order chi connectivity index (χ0) is 10.9. The lowest BCUT2D eigenvalue weighted by molar-refractivity contribution is 0.131. The Morgan fingerprint density at radius 1 is 1.50 bits per heavy atom. The highest BCUT2D eigenvalue weighted by atomic mass is 19.3. The van der Waals surface area contributed by atoms with E-state index in [1.54, 1.807) is 6.92 Å². The molecule has 1 aromatic rings. The van der Waals surface area contributed by atoms with Crippen LogP contribution < -0.4 is 5.69 Å². The topological polar surface area (TPSA) is 39.8 Å². The van der Waals surface area contributed by atoms with Gasteiger partial charge >= 0.3 is 5.69 Å². The number of hydrogen-bond acceptors (Lipinski definition) is 2. The molecule has 0 saturated heterocycles. The molecule has 0 aliphatic rings. The highest BCUT2D eigenvalue weighted by Crippen LogP contribution is 2.19. The molecule has 0 aliphatic heterocycles. The second-order valence-corrected chi connectivity index (χ2v) is 3.19. The van der Waals surface area contributed by atoms with Crippen LogP contribution in [0.4, 0.5) is 8.78 Å². The molecule has 0 aromatic carbocycles. The Morgan fingerprint density at radius 3 is 2.50 bits per heavy atom. The summed E-state index contributed by atoms with van der Waals surface area (Å²) < 4.78 is 26.9. The first-order valence-electron chi connectivity index (χ1n) is 4.42. The molecule has 0 saturated carbocycles. The van der Waals surface area contributed by atoms with Crippen molar-refractivity contribution in [3.8, 4) is 0 Å². The third-order valence-corrected chi connectivity index (χ3v) is 2.21. The zero-order valence-corrected chi connectivity index (χ0v) is 8.37. The molecule has 0 aliphatic carbocycles. The van der Waals surface area contributed by atoms with Crippen molar-refractivity contribution in [2.75, 3.05) is 0 Å². The Balaban J connectivity index is 3.30. The van der Waals surface area contributed by atoms with E-state index in [1.807, 2.05) is 6.92 Å². The van der Waals surface area contributed by atoms with Crippen molar-refractivity contribution in [3.63, 3.8) is 0 Å². The van der Waals surface area contributed by atoms with Crippen molar-refractivity contribution in [1.29, 1.82) is 0 Å². The summed E-state index contributed by atoms with van der Waals surface area (Å²) in [5.41, 5.74) is -0.491. The maximum atomic E-state index is 12.5. The van der Waals surface area contributed by atoms with E-state index in [0.29, 0.717) is 6.42 Å². The Hall–Kier alpha value is -1.20. The minimum atomic E-state index is -2.71. The zero-order valence-electron chi connectivity index (χ0n) is 8.37. The number of alkyl halides is 2. The molecule has 0 fully saturated rings. The molecule has 80 valence electrons. The summed E-state index contributed by atoms with van der Waals surface area (Å²) in [6, 6.07) is -0.250. The molecule has 1 unspecified atom stereocenters. The maximum Gasteiger partial charge on any atom is 0.346 e. The van der Waals surface area contributed by atoms with Crippen molar-refractivity contribution in [1.82, 2.24) is 14.3 Å². The lowest BCUT2D eigenvalue weighted by Gasteiger charge is -2.10. The first-order chi connectivity index (χ1) is 6.49. The van der Waals surface area contributed by atoms with E-state index in [-0.39, 0.29) is 6.04 Å². The second kappa shape index (κ2) is 3.89. The largest absolute Gasteiger partial charge is 0.346 e. The molecule has 0 spiro atoms. The second-order valence-electron chi connectivity index (χ2n) is 3.19. The quantitative estimate of drug-likeness (QED) is 0.750. The molecule has 1 rings (SSSR count). The number of hydrogen-bond donors (Lipinski definition) is 0. The summed E-state index contributed by atoms with van der Waals surface area (Å²) in [4.78, 5) is 11.4. The van der Waals surface area contributed by atoms with E-state index in [4.69, 9.17) is 0 Å². The first-order valence-corrected chi connectivity index (χ1v) is 4.42. The minimum absolute atomic E-state index is 0.250. The fraction of sp³-hybridized carbons (Fsp3) is 0.750. The van der Waals surface area contributed by atoms with Crippen molar-refractivity contribution in [2.45, 2.75) is 32.7 Å². The van der Waals surface area contributed by atoms with Crippen LogP contribution >= 0.6 is 0 Å². The van der Waals surface area contributed by atoms with Gasteiger partial charge < -0.3 is 0 Å². The van der Waals surface area contributed by atoms with Gasteiger partial charge in [0.05, 0.1) is 0 Å². The van der Waals surface area contributed by atoms with E-state index in [2.05, 4.69) is 5.10 Å². The summed E-state index contributed by atoms with van der Waals surface area (Å²) in [6.45, 7) is 3.55. The molecule has 0 N–H and O–H groups in total. The molecule has 4 nitrogen and oxygen atoms in total. The van der Waals surface area contributed by atoms with Crippen molar-refractivity contribution < 1.29 is 8.78 Å². The molecule has 1 aromatic heterocycles. The molecule has 1 atom stereocenters. The van der Waals surface area contributed by atoms with Crippen LogP contribution in [0.5, 0.6) is 0 Å². The standard InChI is InChI=1S/C8H13F2N3O/c1-4-5(2)13-7(6(9)10)11-12(3)8(13)14/h5-6H,4H2,1-3H3. The highest BCUT2D eigenvalue weighted by molar-refractivity contribution is 4.91. The van der Waals surface area contributed by atoms with Gasteiger partial charge in [-0.1, -0.05) is 6.92 Å². The van der Waals surface area contributed by atoms with Crippen LogP contribution in [0, 0.1) is 0 Å². The van der Waals surface area contributed by atoms with Gasteiger partial charge in [0.1, 0.15) is 0 Å². The Morgan fingerprint density at radius 2 is 2.07 bits per heavy atom. The van der Waals surface area contributed by atoms with Crippen LogP contribution in [-0.2, 0) is 7.05 Å². The van der Waals surface area contributed by atoms with E-state index >= 15 is 0 Å². The van der Waals surface area contributed by atoms with Crippen LogP contribution in [0.2, 0.25) is 0 Å². The Kier molecular flexibility index (Phi) is 3.03. The highest BCUT2D eigenvalue weighted by Gasteiger charge is 2.22. The van der Waals surface area contributed by atoms with Gasteiger partial charge in [0, 0.05) is 13.1 Å². The van der Waals surface area contributed by atoms with Gasteiger partial charge in [0.25, 0.3) is 6.43 Å². The molecule has 1 heterocycles. The smallest absolute Gasteiger partial charge is 0.271 e. The van der Waals surface area contributed by atoms with E-state index < -0.39 is 17.9 Å².